The molecule has 2 heterocycles. The van der Waals surface area contributed by atoms with Gasteiger partial charge in [0.25, 0.3) is 17.7 Å². The van der Waals surface area contributed by atoms with Crippen LogP contribution in [0.5, 0.6) is 0 Å². The number of halogens is 1. The number of hydrogen-bond acceptors (Lipinski definition) is 6. The topological polar surface area (TPSA) is 78.5 Å². The lowest BCUT2D eigenvalue weighted by Gasteiger charge is -2.14. The fourth-order valence-corrected chi connectivity index (χ4v) is 4.60. The maximum absolute atomic E-state index is 12.5. The lowest BCUT2D eigenvalue weighted by molar-refractivity contribution is -0.129. The first-order chi connectivity index (χ1) is 13.0. The summed E-state index contributed by atoms with van der Waals surface area (Å²) in [6.07, 6.45) is 1.75. The molecule has 1 saturated heterocycles. The first-order valence-corrected chi connectivity index (χ1v) is 10.5. The number of nitrogens with one attached hydrogen (secondary N) is 2. The zero-order valence-electron chi connectivity index (χ0n) is 13.6. The predicted octanol–water partition coefficient (Wildman–Crippen LogP) is 3.17. The number of thiophene rings is 1. The summed E-state index contributed by atoms with van der Waals surface area (Å²) in [6, 6.07) is 10.6. The van der Waals surface area contributed by atoms with E-state index in [1.165, 1.54) is 16.2 Å². The minimum absolute atomic E-state index is 0.275. The van der Waals surface area contributed by atoms with Gasteiger partial charge < -0.3 is 0 Å². The molecule has 2 N–H and O–H groups in total. The minimum atomic E-state index is -0.552. The maximum Gasteiger partial charge on any atom is 0.270 e. The van der Waals surface area contributed by atoms with Crippen molar-refractivity contribution in [3.63, 3.8) is 0 Å². The second kappa shape index (κ2) is 8.79. The number of carbonyl (C=O) groups excluding carboxylic acids is 3. The third-order valence-corrected chi connectivity index (χ3v) is 6.31. The minimum Gasteiger partial charge on any atom is -0.283 e. The molecule has 0 atom stereocenters. The van der Waals surface area contributed by atoms with Gasteiger partial charge in [-0.2, -0.15) is 0 Å². The van der Waals surface area contributed by atoms with Gasteiger partial charge in [-0.05, 0) is 45.6 Å². The molecule has 138 valence electrons. The number of rotatable bonds is 4. The molecule has 0 unspecified atom stereocenters. The smallest absolute Gasteiger partial charge is 0.270 e. The Labute approximate surface area is 177 Å². The number of benzene rings is 1. The molecule has 1 aromatic carbocycles. The maximum atomic E-state index is 12.5. The second-order valence-corrected chi connectivity index (χ2v) is 8.77. The van der Waals surface area contributed by atoms with Crippen LogP contribution in [0, 0.1) is 0 Å². The predicted molar refractivity (Wildman–Crippen MR) is 114 cm³/mol. The van der Waals surface area contributed by atoms with Crippen LogP contribution in [0.3, 0.4) is 0 Å². The Kier molecular flexibility index (Phi) is 6.42. The van der Waals surface area contributed by atoms with Crippen molar-refractivity contribution in [3.8, 4) is 0 Å². The van der Waals surface area contributed by atoms with Gasteiger partial charge in [0.1, 0.15) is 10.9 Å². The van der Waals surface area contributed by atoms with E-state index in [0.717, 1.165) is 16.6 Å². The first-order valence-electron chi connectivity index (χ1n) is 7.58. The van der Waals surface area contributed by atoms with Gasteiger partial charge in [0, 0.05) is 9.35 Å². The van der Waals surface area contributed by atoms with Crippen LogP contribution in [0.2, 0.25) is 0 Å². The Hall–Kier alpha value is -2.01. The summed E-state index contributed by atoms with van der Waals surface area (Å²) in [5, 5.41) is 1.91. The van der Waals surface area contributed by atoms with Crippen LogP contribution in [0.4, 0.5) is 0 Å². The Morgan fingerprint density at radius 2 is 1.96 bits per heavy atom. The zero-order valence-corrected chi connectivity index (χ0v) is 17.6. The fourth-order valence-electron chi connectivity index (χ4n) is 2.16. The van der Waals surface area contributed by atoms with Crippen LogP contribution >= 0.6 is 51.2 Å². The molecule has 6 nitrogen and oxygen atoms in total. The van der Waals surface area contributed by atoms with E-state index in [2.05, 4.69) is 26.8 Å². The number of carbonyl (C=O) groups is 3. The van der Waals surface area contributed by atoms with E-state index in [9.17, 15) is 14.4 Å². The molecule has 10 heteroatoms. The van der Waals surface area contributed by atoms with Gasteiger partial charge in [-0.25, -0.2) is 0 Å². The van der Waals surface area contributed by atoms with Crippen molar-refractivity contribution in [3.05, 3.63) is 61.6 Å². The van der Waals surface area contributed by atoms with Crippen LogP contribution in [-0.4, -0.2) is 33.5 Å². The molecule has 1 aromatic heterocycles. The lowest BCUT2D eigenvalue weighted by Crippen LogP contribution is -2.47. The summed E-state index contributed by atoms with van der Waals surface area (Å²) in [6.45, 7) is -0.275. The molecule has 0 spiro atoms. The molecular weight excluding hydrogens is 470 g/mol. The molecule has 2 aromatic rings. The monoisotopic (exact) mass is 481 g/mol. The highest BCUT2D eigenvalue weighted by Gasteiger charge is 2.33. The fraction of sp³-hybridized carbons (Fsp3) is 0.0588. The molecule has 1 fully saturated rings. The highest BCUT2D eigenvalue weighted by Crippen LogP contribution is 2.32. The summed E-state index contributed by atoms with van der Waals surface area (Å²) in [7, 11) is 0. The summed E-state index contributed by atoms with van der Waals surface area (Å²) < 4.78 is 0.905. The van der Waals surface area contributed by atoms with Gasteiger partial charge in [0.15, 0.2) is 0 Å². The second-order valence-electron chi connectivity index (χ2n) is 5.27. The van der Waals surface area contributed by atoms with Gasteiger partial charge >= 0.3 is 0 Å². The van der Waals surface area contributed by atoms with Gasteiger partial charge in [-0.1, -0.05) is 42.2 Å². The summed E-state index contributed by atoms with van der Waals surface area (Å²) in [5.41, 5.74) is 5.00. The third-order valence-electron chi connectivity index (χ3n) is 3.43. The van der Waals surface area contributed by atoms with E-state index in [1.807, 2.05) is 17.5 Å². The summed E-state index contributed by atoms with van der Waals surface area (Å²) >= 11 is 11.1. The van der Waals surface area contributed by atoms with Crippen molar-refractivity contribution in [1.29, 1.82) is 0 Å². The Morgan fingerprint density at radius 1 is 1.19 bits per heavy atom. The van der Waals surface area contributed by atoms with Gasteiger partial charge in [0.05, 0.1) is 10.5 Å². The average Bonchev–Trinajstić information content (AvgIpc) is 3.24. The highest BCUT2D eigenvalue weighted by molar-refractivity contribution is 9.10. The number of amides is 3. The van der Waals surface area contributed by atoms with Crippen molar-refractivity contribution in [1.82, 2.24) is 15.8 Å². The molecule has 1 aliphatic heterocycles. The van der Waals surface area contributed by atoms with Crippen molar-refractivity contribution in [2.45, 2.75) is 0 Å². The van der Waals surface area contributed by atoms with Crippen molar-refractivity contribution in [2.75, 3.05) is 6.54 Å². The quantitative estimate of drug-likeness (QED) is 0.398. The number of nitrogens with zero attached hydrogens (tertiary/aromatic N) is 1. The number of hydrogen-bond donors (Lipinski definition) is 2. The van der Waals surface area contributed by atoms with Crippen LogP contribution < -0.4 is 10.9 Å². The Balaban J connectivity index is 1.58. The molecular formula is C17H12BrN3O3S3. The van der Waals surface area contributed by atoms with Crippen LogP contribution in [-0.2, 0) is 9.59 Å². The van der Waals surface area contributed by atoms with E-state index in [4.69, 9.17) is 12.2 Å². The lowest BCUT2D eigenvalue weighted by atomic mass is 10.2. The standard InChI is InChI=1S/C17H12BrN3O3S3/c18-12-6-2-1-5-11(12)15(23)20-19-14(22)9-21-16(24)13(27-17(21)25)8-10-4-3-7-26-10/h1-8H,9H2,(H,19,22)(H,20,23). The van der Waals surface area contributed by atoms with Crippen molar-refractivity contribution in [2.24, 2.45) is 0 Å². The summed E-state index contributed by atoms with van der Waals surface area (Å²) in [4.78, 5) is 39.3. The molecule has 0 bridgehead atoms. The van der Waals surface area contributed by atoms with Gasteiger partial charge in [0.2, 0.25) is 0 Å². The van der Waals surface area contributed by atoms with Crippen LogP contribution in [0.1, 0.15) is 15.2 Å². The van der Waals surface area contributed by atoms with Crippen molar-refractivity contribution >= 4 is 79.4 Å². The number of thioether (sulfide) groups is 1. The number of thiocarbonyl (C=S) groups is 1. The number of hydrazine groups is 1. The molecule has 3 amide bonds. The van der Waals surface area contributed by atoms with Gasteiger partial charge in [-0.15, -0.1) is 11.3 Å². The van der Waals surface area contributed by atoms with Gasteiger partial charge in [-0.3, -0.25) is 30.1 Å². The molecule has 0 saturated carbocycles. The van der Waals surface area contributed by atoms with Crippen LogP contribution in [0.25, 0.3) is 6.08 Å². The zero-order chi connectivity index (χ0) is 19.4. The molecule has 0 radical (unpaired) electrons. The Bertz CT molecular complexity index is 944. The largest absolute Gasteiger partial charge is 0.283 e. The third kappa shape index (κ3) is 4.83. The van der Waals surface area contributed by atoms with E-state index in [1.54, 1.807) is 30.3 Å². The van der Waals surface area contributed by atoms with E-state index in [0.29, 0.717) is 19.3 Å². The summed E-state index contributed by atoms with van der Waals surface area (Å²) in [5.74, 6) is -1.35. The normalized spacial score (nSPS) is 15.3. The van der Waals surface area contributed by atoms with E-state index in [-0.39, 0.29) is 12.5 Å². The van der Waals surface area contributed by atoms with Crippen molar-refractivity contribution < 1.29 is 14.4 Å². The molecule has 0 aliphatic carbocycles. The Morgan fingerprint density at radius 3 is 2.67 bits per heavy atom. The van der Waals surface area contributed by atoms with E-state index >= 15 is 0 Å². The highest BCUT2D eigenvalue weighted by atomic mass is 79.9. The molecule has 3 rings (SSSR count). The van der Waals surface area contributed by atoms with E-state index < -0.39 is 11.8 Å². The SMILES string of the molecule is O=C(CN1C(=O)C(=Cc2cccs2)SC1=S)NNC(=O)c1ccccc1Br. The molecule has 27 heavy (non-hydrogen) atoms. The average molecular weight is 482 g/mol. The van der Waals surface area contributed by atoms with Crippen LogP contribution in [0.15, 0.2) is 51.2 Å². The first kappa shape index (κ1) is 19.7. The molecule has 1 aliphatic rings.